The molecule has 1 aliphatic rings. The number of rotatable bonds is 13. The van der Waals surface area contributed by atoms with Crippen LogP contribution in [0.25, 0.3) is 0 Å². The second-order valence-electron chi connectivity index (χ2n) is 11.6. The highest BCUT2D eigenvalue weighted by atomic mass is 35.5. The lowest BCUT2D eigenvalue weighted by Crippen LogP contribution is -2.50. The minimum Gasteiger partial charge on any atom is -0.350 e. The van der Waals surface area contributed by atoms with Crippen molar-refractivity contribution in [3.8, 4) is 0 Å². The summed E-state index contributed by atoms with van der Waals surface area (Å²) in [6, 6.07) is 26.0. The fraction of sp³-hybridized carbons (Fsp3) is 0.278. The van der Waals surface area contributed by atoms with Crippen molar-refractivity contribution in [2.75, 3.05) is 13.1 Å². The van der Waals surface area contributed by atoms with E-state index in [2.05, 4.69) is 5.32 Å². The van der Waals surface area contributed by atoms with Crippen LogP contribution in [0.3, 0.4) is 0 Å². The van der Waals surface area contributed by atoms with E-state index in [1.165, 1.54) is 21.3 Å². The maximum atomic E-state index is 14.0. The van der Waals surface area contributed by atoms with Crippen molar-refractivity contribution < 1.29 is 22.4 Å². The minimum atomic E-state index is -3.55. The Morgan fingerprint density at radius 3 is 2.17 bits per heavy atom. The number of nitrogens with zero attached hydrogens (tertiary/aromatic N) is 2. The molecule has 1 saturated heterocycles. The Hall–Kier alpha value is -3.76. The summed E-state index contributed by atoms with van der Waals surface area (Å²) in [5, 5.41) is 3.84. The number of amides is 2. The lowest BCUT2D eigenvalue weighted by atomic mass is 10.0. The van der Waals surface area contributed by atoms with E-state index in [1.54, 1.807) is 54.6 Å². The monoisotopic (exact) mass is 695 g/mol. The zero-order valence-electron chi connectivity index (χ0n) is 25.7. The van der Waals surface area contributed by atoms with Gasteiger partial charge in [-0.15, -0.1) is 0 Å². The molecule has 1 unspecified atom stereocenters. The first kappa shape index (κ1) is 34.6. The van der Waals surface area contributed by atoms with Crippen LogP contribution >= 0.6 is 23.2 Å². The van der Waals surface area contributed by atoms with Crippen LogP contribution in [-0.2, 0) is 45.5 Å². The van der Waals surface area contributed by atoms with E-state index in [-0.39, 0.29) is 42.6 Å². The van der Waals surface area contributed by atoms with E-state index in [9.17, 15) is 22.4 Å². The Labute approximate surface area is 285 Å². The third-order valence-corrected chi connectivity index (χ3v) is 10.8. The smallest absolute Gasteiger partial charge is 0.243 e. The Morgan fingerprint density at radius 2 is 1.51 bits per heavy atom. The van der Waals surface area contributed by atoms with Crippen molar-refractivity contribution in [1.82, 2.24) is 14.5 Å². The number of carbonyl (C=O) groups is 2. The summed E-state index contributed by atoms with van der Waals surface area (Å²) in [6.07, 6.45) is 2.36. The molecule has 0 aliphatic carbocycles. The molecule has 1 N–H and O–H groups in total. The summed E-state index contributed by atoms with van der Waals surface area (Å²) in [7, 11) is -3.55. The zero-order chi connectivity index (χ0) is 33.4. The quantitative estimate of drug-likeness (QED) is 0.167. The van der Waals surface area contributed by atoms with E-state index in [1.807, 2.05) is 30.3 Å². The third-order valence-electron chi connectivity index (χ3n) is 8.26. The topological polar surface area (TPSA) is 86.8 Å². The summed E-state index contributed by atoms with van der Waals surface area (Å²) in [5.74, 6) is -1.05. The molecule has 0 saturated carbocycles. The van der Waals surface area contributed by atoms with E-state index >= 15 is 0 Å². The maximum absolute atomic E-state index is 14.0. The van der Waals surface area contributed by atoms with Gasteiger partial charge in [-0.05, 0) is 77.9 Å². The summed E-state index contributed by atoms with van der Waals surface area (Å²) in [5.41, 5.74) is 3.00. The molecule has 246 valence electrons. The van der Waals surface area contributed by atoms with Crippen LogP contribution in [0.2, 0.25) is 10.0 Å². The highest BCUT2D eigenvalue weighted by Gasteiger charge is 2.31. The van der Waals surface area contributed by atoms with Crippen LogP contribution in [0.15, 0.2) is 102 Å². The summed E-state index contributed by atoms with van der Waals surface area (Å²) in [6.45, 7) is 1.25. The molecule has 1 atom stereocenters. The molecule has 0 radical (unpaired) electrons. The van der Waals surface area contributed by atoms with Crippen LogP contribution in [0, 0.1) is 5.82 Å². The maximum Gasteiger partial charge on any atom is 0.243 e. The van der Waals surface area contributed by atoms with Gasteiger partial charge in [0, 0.05) is 49.1 Å². The number of sulfonamides is 1. The van der Waals surface area contributed by atoms with Gasteiger partial charge in [-0.2, -0.15) is 4.31 Å². The third kappa shape index (κ3) is 9.20. The summed E-state index contributed by atoms with van der Waals surface area (Å²) in [4.78, 5) is 29.7. The first-order valence-corrected chi connectivity index (χ1v) is 17.7. The fourth-order valence-corrected chi connectivity index (χ4v) is 7.60. The second-order valence-corrected chi connectivity index (χ2v) is 14.3. The molecular weight excluding hydrogens is 660 g/mol. The lowest BCUT2D eigenvalue weighted by molar-refractivity contribution is -0.141. The Balaban J connectivity index is 1.37. The van der Waals surface area contributed by atoms with Gasteiger partial charge < -0.3 is 10.2 Å². The summed E-state index contributed by atoms with van der Waals surface area (Å²) < 4.78 is 41.2. The normalized spacial score (nSPS) is 14.1. The van der Waals surface area contributed by atoms with Crippen molar-refractivity contribution in [3.05, 3.63) is 135 Å². The van der Waals surface area contributed by atoms with Gasteiger partial charge in [0.15, 0.2) is 0 Å². The molecule has 47 heavy (non-hydrogen) atoms. The molecule has 0 aromatic heterocycles. The van der Waals surface area contributed by atoms with Gasteiger partial charge in [0.25, 0.3) is 0 Å². The van der Waals surface area contributed by atoms with Gasteiger partial charge in [0.05, 0.1) is 4.90 Å². The van der Waals surface area contributed by atoms with E-state index in [0.29, 0.717) is 40.7 Å². The van der Waals surface area contributed by atoms with Gasteiger partial charge in [-0.25, -0.2) is 12.8 Å². The van der Waals surface area contributed by atoms with Crippen molar-refractivity contribution in [1.29, 1.82) is 0 Å². The van der Waals surface area contributed by atoms with Crippen molar-refractivity contribution >= 4 is 45.0 Å². The molecule has 1 heterocycles. The van der Waals surface area contributed by atoms with E-state index in [0.717, 1.165) is 24.0 Å². The number of aryl methyl sites for hydroxylation is 1. The van der Waals surface area contributed by atoms with E-state index < -0.39 is 21.9 Å². The predicted molar refractivity (Wildman–Crippen MR) is 182 cm³/mol. The first-order valence-electron chi connectivity index (χ1n) is 15.5. The standard InChI is InChI=1S/C36H36Cl2FN3O4S/c37-30-14-13-29(33(38)23-30)24-40-36(44)34(22-27-6-2-1-3-7-27)42(25-28-8-15-31(39)16-9-28)35(43)19-12-26-10-17-32(18-11-26)47(45,46)41-20-4-5-21-41/h1-3,6-11,13-18,23,34H,4-5,12,19-22,24-25H2,(H,40,44). The molecule has 11 heteroatoms. The van der Waals surface area contributed by atoms with Crippen LogP contribution < -0.4 is 5.32 Å². The van der Waals surface area contributed by atoms with Gasteiger partial charge in [0.1, 0.15) is 11.9 Å². The van der Waals surface area contributed by atoms with Crippen LogP contribution in [-0.4, -0.2) is 48.6 Å². The SMILES string of the molecule is O=C(NCc1ccc(Cl)cc1Cl)C(Cc1ccccc1)N(Cc1ccc(F)cc1)C(=O)CCc1ccc(S(=O)(=O)N2CCCC2)cc1. The first-order chi connectivity index (χ1) is 22.6. The van der Waals surface area contributed by atoms with Crippen molar-refractivity contribution in [2.24, 2.45) is 0 Å². The number of halogens is 3. The van der Waals surface area contributed by atoms with Gasteiger partial charge in [-0.3, -0.25) is 9.59 Å². The zero-order valence-corrected chi connectivity index (χ0v) is 28.1. The fourth-order valence-electron chi connectivity index (χ4n) is 5.61. The Bertz CT molecular complexity index is 1780. The van der Waals surface area contributed by atoms with Crippen LogP contribution in [0.5, 0.6) is 0 Å². The molecule has 1 aliphatic heterocycles. The molecule has 0 bridgehead atoms. The molecule has 5 rings (SSSR count). The van der Waals surface area contributed by atoms with Gasteiger partial charge in [-0.1, -0.05) is 83.9 Å². The van der Waals surface area contributed by atoms with Crippen LogP contribution in [0.1, 0.15) is 41.5 Å². The minimum absolute atomic E-state index is 0.0704. The molecule has 2 amide bonds. The Kier molecular flexibility index (Phi) is 11.7. The van der Waals surface area contributed by atoms with E-state index in [4.69, 9.17) is 23.2 Å². The average Bonchev–Trinajstić information content (AvgIpc) is 3.63. The van der Waals surface area contributed by atoms with Crippen molar-refractivity contribution in [2.45, 2.75) is 56.1 Å². The molecule has 7 nitrogen and oxygen atoms in total. The number of hydrogen-bond acceptors (Lipinski definition) is 4. The highest BCUT2D eigenvalue weighted by Crippen LogP contribution is 2.24. The van der Waals surface area contributed by atoms with Crippen LogP contribution in [0.4, 0.5) is 4.39 Å². The predicted octanol–water partition coefficient (Wildman–Crippen LogP) is 6.81. The number of nitrogens with one attached hydrogen (secondary N) is 1. The molecule has 4 aromatic carbocycles. The number of carbonyl (C=O) groups excluding carboxylic acids is 2. The second kappa shape index (κ2) is 15.9. The number of benzene rings is 4. The largest absolute Gasteiger partial charge is 0.350 e. The van der Waals surface area contributed by atoms with Gasteiger partial charge in [0.2, 0.25) is 21.8 Å². The molecule has 0 spiro atoms. The number of hydrogen-bond donors (Lipinski definition) is 1. The van der Waals surface area contributed by atoms with Crippen molar-refractivity contribution in [3.63, 3.8) is 0 Å². The summed E-state index contributed by atoms with van der Waals surface area (Å²) >= 11 is 12.4. The highest BCUT2D eigenvalue weighted by molar-refractivity contribution is 7.89. The average molecular weight is 697 g/mol. The molecule has 1 fully saturated rings. The lowest BCUT2D eigenvalue weighted by Gasteiger charge is -2.32. The molecular formula is C36H36Cl2FN3O4S. The Morgan fingerprint density at radius 1 is 0.851 bits per heavy atom. The van der Waals surface area contributed by atoms with Gasteiger partial charge >= 0.3 is 0 Å². The molecule has 4 aromatic rings.